The summed E-state index contributed by atoms with van der Waals surface area (Å²) in [6.45, 7) is 11.3. The minimum Gasteiger partial charge on any atom is -0.444 e. The summed E-state index contributed by atoms with van der Waals surface area (Å²) in [4.78, 5) is 18.1. The van der Waals surface area contributed by atoms with Crippen LogP contribution in [0.2, 0.25) is 0 Å². The van der Waals surface area contributed by atoms with Crippen LogP contribution in [0.3, 0.4) is 0 Å². The molecule has 2 aliphatic rings. The molecule has 2 aromatic rings. The smallest absolute Gasteiger partial charge is 0.410 e. The van der Waals surface area contributed by atoms with Crippen LogP contribution in [0.4, 0.5) is 15.0 Å². The number of pyridine rings is 1. The summed E-state index contributed by atoms with van der Waals surface area (Å²) in [5, 5.41) is 11.0. The van der Waals surface area contributed by atoms with E-state index < -0.39 is 11.5 Å². The Balaban J connectivity index is 1.43. The van der Waals surface area contributed by atoms with E-state index in [0.717, 1.165) is 49.1 Å². The Bertz CT molecular complexity index is 987. The van der Waals surface area contributed by atoms with Gasteiger partial charge in [-0.15, -0.1) is 0 Å². The number of aromatic nitrogens is 3. The number of nitrogens with one attached hydrogen (secondary N) is 2. The lowest BCUT2D eigenvalue weighted by Crippen LogP contribution is -2.44. The minimum atomic E-state index is -0.524. The third kappa shape index (κ3) is 5.22. The van der Waals surface area contributed by atoms with Crippen LogP contribution in [0.15, 0.2) is 12.1 Å². The molecular weight excluding hydrogens is 409 g/mol. The van der Waals surface area contributed by atoms with Gasteiger partial charge in [0.1, 0.15) is 11.4 Å². The molecule has 0 saturated carbocycles. The third-order valence-electron chi connectivity index (χ3n) is 6.23. The van der Waals surface area contributed by atoms with Crippen LogP contribution in [0.1, 0.15) is 65.1 Å². The van der Waals surface area contributed by atoms with Crippen LogP contribution in [-0.4, -0.2) is 50.9 Å². The third-order valence-corrected chi connectivity index (χ3v) is 6.23. The molecule has 0 unspecified atom stereocenters. The van der Waals surface area contributed by atoms with Gasteiger partial charge in [-0.25, -0.2) is 9.78 Å². The number of aromatic amines is 1. The van der Waals surface area contributed by atoms with Crippen molar-refractivity contribution in [1.29, 1.82) is 0 Å². The summed E-state index contributed by atoms with van der Waals surface area (Å²) < 4.78 is 19.9. The van der Waals surface area contributed by atoms with Crippen molar-refractivity contribution in [1.82, 2.24) is 20.1 Å². The molecule has 2 N–H and O–H groups in total. The molecular formula is C24H34FN5O2. The van der Waals surface area contributed by atoms with Crippen LogP contribution in [0, 0.1) is 11.4 Å². The van der Waals surface area contributed by atoms with Gasteiger partial charge in [0.05, 0.1) is 5.69 Å². The monoisotopic (exact) mass is 443 g/mol. The van der Waals surface area contributed by atoms with Gasteiger partial charge in [-0.2, -0.15) is 9.49 Å². The number of ether oxygens (including phenoxy) is 1. The second-order valence-corrected chi connectivity index (χ2v) is 10.8. The maximum atomic E-state index is 14.4. The molecule has 174 valence electrons. The van der Waals surface area contributed by atoms with Gasteiger partial charge < -0.3 is 15.0 Å². The van der Waals surface area contributed by atoms with Gasteiger partial charge in [0.2, 0.25) is 5.95 Å². The van der Waals surface area contributed by atoms with E-state index in [0.29, 0.717) is 18.9 Å². The molecule has 8 heteroatoms. The lowest BCUT2D eigenvalue weighted by atomic mass is 9.76. The summed E-state index contributed by atoms with van der Waals surface area (Å²) in [7, 11) is 0. The molecule has 0 atom stereocenters. The van der Waals surface area contributed by atoms with Gasteiger partial charge in [0.15, 0.2) is 0 Å². The number of hydrogen-bond donors (Lipinski definition) is 2. The average molecular weight is 444 g/mol. The largest absolute Gasteiger partial charge is 0.444 e. The van der Waals surface area contributed by atoms with E-state index in [2.05, 4.69) is 34.3 Å². The van der Waals surface area contributed by atoms with E-state index in [1.54, 1.807) is 4.90 Å². The first-order valence-corrected chi connectivity index (χ1v) is 11.5. The molecule has 1 aliphatic heterocycles. The van der Waals surface area contributed by atoms with E-state index >= 15 is 0 Å². The molecule has 3 heterocycles. The first kappa shape index (κ1) is 22.6. The molecule has 1 amide bonds. The van der Waals surface area contributed by atoms with Crippen molar-refractivity contribution in [3.05, 3.63) is 29.3 Å². The van der Waals surface area contributed by atoms with E-state index in [-0.39, 0.29) is 17.6 Å². The van der Waals surface area contributed by atoms with Crippen molar-refractivity contribution < 1.29 is 13.9 Å². The van der Waals surface area contributed by atoms with Gasteiger partial charge in [0, 0.05) is 42.0 Å². The number of rotatable bonds is 3. The number of anilines is 1. The molecule has 0 aromatic carbocycles. The second kappa shape index (κ2) is 8.37. The molecule has 2 aromatic heterocycles. The number of piperidine rings is 1. The highest BCUT2D eigenvalue weighted by Crippen LogP contribution is 2.38. The zero-order valence-corrected chi connectivity index (χ0v) is 19.7. The number of nitrogens with zero attached hydrogens (tertiary/aromatic N) is 3. The summed E-state index contributed by atoms with van der Waals surface area (Å²) >= 11 is 0. The summed E-state index contributed by atoms with van der Waals surface area (Å²) in [6.07, 6.45) is 4.18. The fraction of sp³-hybridized carbons (Fsp3) is 0.625. The van der Waals surface area contributed by atoms with Gasteiger partial charge in [-0.3, -0.25) is 5.10 Å². The molecule has 1 fully saturated rings. The number of carbonyl (C=O) groups is 1. The highest BCUT2D eigenvalue weighted by molar-refractivity contribution is 5.69. The predicted octanol–water partition coefficient (Wildman–Crippen LogP) is 4.94. The van der Waals surface area contributed by atoms with Gasteiger partial charge in [-0.1, -0.05) is 13.8 Å². The van der Waals surface area contributed by atoms with Crippen molar-refractivity contribution >= 4 is 11.9 Å². The number of likely N-dealkylation sites (tertiary alicyclic amines) is 1. The predicted molar refractivity (Wildman–Crippen MR) is 122 cm³/mol. The Morgan fingerprint density at radius 2 is 2.00 bits per heavy atom. The minimum absolute atomic E-state index is 0.115. The van der Waals surface area contributed by atoms with E-state index in [4.69, 9.17) is 4.74 Å². The molecule has 0 radical (unpaired) electrons. The molecule has 4 rings (SSSR count). The van der Waals surface area contributed by atoms with E-state index in [9.17, 15) is 9.18 Å². The number of hydrogen-bond acceptors (Lipinski definition) is 5. The number of amides is 1. The van der Waals surface area contributed by atoms with Gasteiger partial charge in [0.25, 0.3) is 0 Å². The Hall–Kier alpha value is -2.64. The Labute approximate surface area is 189 Å². The Kier molecular flexibility index (Phi) is 5.90. The van der Waals surface area contributed by atoms with Crippen LogP contribution in [0.5, 0.6) is 0 Å². The molecule has 1 aliphatic carbocycles. The average Bonchev–Trinajstić information content (AvgIpc) is 3.08. The fourth-order valence-corrected chi connectivity index (χ4v) is 4.54. The molecule has 32 heavy (non-hydrogen) atoms. The number of carbonyl (C=O) groups excluding carboxylic acids is 1. The fourth-order valence-electron chi connectivity index (χ4n) is 4.54. The number of H-pyrrole nitrogens is 1. The Morgan fingerprint density at radius 1 is 1.28 bits per heavy atom. The zero-order chi connectivity index (χ0) is 23.1. The number of halogens is 1. The molecule has 7 nitrogen and oxygen atoms in total. The van der Waals surface area contributed by atoms with Crippen molar-refractivity contribution in [2.75, 3.05) is 18.4 Å². The lowest BCUT2D eigenvalue weighted by Gasteiger charge is -2.34. The Morgan fingerprint density at radius 3 is 2.69 bits per heavy atom. The van der Waals surface area contributed by atoms with Crippen molar-refractivity contribution in [3.63, 3.8) is 0 Å². The summed E-state index contributed by atoms with van der Waals surface area (Å²) in [5.74, 6) is -0.0207. The first-order chi connectivity index (χ1) is 15.0. The summed E-state index contributed by atoms with van der Waals surface area (Å²) in [6, 6.07) is 3.44. The standard InChI is InChI=1S/C24H34FN5O2/c1-23(2,3)32-22(31)30-10-7-16(8-11-30)26-20-13-15(12-19(25)27-20)21-17-6-9-24(4,5)14-18(17)28-29-21/h12-13,16H,6-11,14H2,1-5H3,(H,26,27)(H,28,29). The van der Waals surface area contributed by atoms with Gasteiger partial charge >= 0.3 is 6.09 Å². The van der Waals surface area contributed by atoms with Gasteiger partial charge in [-0.05, 0) is 64.4 Å². The highest BCUT2D eigenvalue weighted by atomic mass is 19.1. The maximum absolute atomic E-state index is 14.4. The summed E-state index contributed by atoms with van der Waals surface area (Å²) in [5.41, 5.74) is 3.64. The quantitative estimate of drug-likeness (QED) is 0.657. The lowest BCUT2D eigenvalue weighted by molar-refractivity contribution is 0.0210. The SMILES string of the molecule is CC1(C)CCc2c(-c3cc(F)nc(NC4CCN(C(=O)OC(C)(C)C)CC4)c3)n[nH]c2C1. The van der Waals surface area contributed by atoms with Crippen molar-refractivity contribution in [2.24, 2.45) is 5.41 Å². The van der Waals surface area contributed by atoms with Crippen LogP contribution < -0.4 is 5.32 Å². The number of fused-ring (bicyclic) bond motifs is 1. The van der Waals surface area contributed by atoms with E-state index in [1.807, 2.05) is 26.8 Å². The van der Waals surface area contributed by atoms with Crippen LogP contribution >= 0.6 is 0 Å². The molecule has 0 spiro atoms. The zero-order valence-electron chi connectivity index (χ0n) is 19.7. The van der Waals surface area contributed by atoms with E-state index in [1.165, 1.54) is 11.6 Å². The molecule has 0 bridgehead atoms. The van der Waals surface area contributed by atoms with Crippen LogP contribution in [-0.2, 0) is 17.6 Å². The topological polar surface area (TPSA) is 83.1 Å². The highest BCUT2D eigenvalue weighted by Gasteiger charge is 2.30. The normalized spacial score (nSPS) is 18.9. The second-order valence-electron chi connectivity index (χ2n) is 10.8. The van der Waals surface area contributed by atoms with Crippen molar-refractivity contribution in [3.8, 4) is 11.3 Å². The molecule has 1 saturated heterocycles. The maximum Gasteiger partial charge on any atom is 0.410 e. The van der Waals surface area contributed by atoms with Crippen molar-refractivity contribution in [2.45, 2.75) is 78.4 Å². The first-order valence-electron chi connectivity index (χ1n) is 11.5. The van der Waals surface area contributed by atoms with Crippen LogP contribution in [0.25, 0.3) is 11.3 Å².